The summed E-state index contributed by atoms with van der Waals surface area (Å²) < 4.78 is 26.7. The van der Waals surface area contributed by atoms with Gasteiger partial charge in [-0.25, -0.2) is 4.98 Å². The highest BCUT2D eigenvalue weighted by molar-refractivity contribution is 8.00. The predicted octanol–water partition coefficient (Wildman–Crippen LogP) is 2.02. The molecule has 2 aromatic rings. The Morgan fingerprint density at radius 1 is 1.37 bits per heavy atom. The third-order valence-electron chi connectivity index (χ3n) is 2.93. The molecule has 100 valence electrons. The molecule has 0 bridgehead atoms. The molecule has 0 amide bonds. The van der Waals surface area contributed by atoms with E-state index in [9.17, 15) is 8.42 Å². The number of para-hydroxylation sites is 1. The van der Waals surface area contributed by atoms with Crippen molar-refractivity contribution in [1.29, 1.82) is 0 Å². The van der Waals surface area contributed by atoms with E-state index >= 15 is 0 Å². The first-order chi connectivity index (χ1) is 9.09. The number of fused-ring (bicyclic) bond motifs is 1. The summed E-state index contributed by atoms with van der Waals surface area (Å²) in [6, 6.07) is 7.55. The van der Waals surface area contributed by atoms with Crippen LogP contribution in [0.3, 0.4) is 0 Å². The maximum absolute atomic E-state index is 12.6. The number of benzene rings is 1. The van der Waals surface area contributed by atoms with Gasteiger partial charge >= 0.3 is 0 Å². The van der Waals surface area contributed by atoms with E-state index in [-0.39, 0.29) is 5.03 Å². The van der Waals surface area contributed by atoms with Crippen LogP contribution in [0.25, 0.3) is 0 Å². The minimum atomic E-state index is -3.55. The van der Waals surface area contributed by atoms with Gasteiger partial charge < -0.3 is 4.98 Å². The topological polar surface area (TPSA) is 66.1 Å². The van der Waals surface area contributed by atoms with E-state index in [0.29, 0.717) is 12.4 Å². The quantitative estimate of drug-likeness (QED) is 0.920. The zero-order valence-corrected chi connectivity index (χ0v) is 12.0. The lowest BCUT2D eigenvalue weighted by Crippen LogP contribution is -2.35. The fraction of sp³-hybridized carbons (Fsp3) is 0.250. The predicted molar refractivity (Wildman–Crippen MR) is 75.0 cm³/mol. The van der Waals surface area contributed by atoms with Crippen LogP contribution in [-0.4, -0.2) is 30.7 Å². The Kier molecular flexibility index (Phi) is 3.02. The van der Waals surface area contributed by atoms with Crippen LogP contribution >= 0.6 is 11.8 Å². The fourth-order valence-electron chi connectivity index (χ4n) is 2.04. The van der Waals surface area contributed by atoms with Crippen LogP contribution in [0, 0.1) is 6.92 Å². The number of nitrogens with one attached hydrogen (secondary N) is 1. The number of aromatic amines is 1. The molecule has 1 N–H and O–H groups in total. The lowest BCUT2D eigenvalue weighted by atomic mass is 10.3. The number of thioether (sulfide) groups is 1. The van der Waals surface area contributed by atoms with Gasteiger partial charge in [0.05, 0.1) is 11.9 Å². The molecule has 0 fully saturated rings. The normalized spacial score (nSPS) is 15.3. The third kappa shape index (κ3) is 2.12. The zero-order chi connectivity index (χ0) is 13.5. The number of aromatic nitrogens is 2. The van der Waals surface area contributed by atoms with E-state index in [0.717, 1.165) is 16.3 Å². The van der Waals surface area contributed by atoms with Crippen molar-refractivity contribution in [2.45, 2.75) is 16.8 Å². The van der Waals surface area contributed by atoms with Crippen molar-refractivity contribution in [3.8, 4) is 0 Å². The average Bonchev–Trinajstić information content (AvgIpc) is 2.85. The van der Waals surface area contributed by atoms with Gasteiger partial charge in [-0.05, 0) is 19.1 Å². The molecule has 1 aliphatic heterocycles. The molecule has 7 heteroatoms. The highest BCUT2D eigenvalue weighted by Crippen LogP contribution is 2.37. The maximum atomic E-state index is 12.6. The van der Waals surface area contributed by atoms with Crippen LogP contribution < -0.4 is 4.31 Å². The summed E-state index contributed by atoms with van der Waals surface area (Å²) in [7, 11) is -3.55. The van der Waals surface area contributed by atoms with Gasteiger partial charge in [0, 0.05) is 17.2 Å². The average molecular weight is 295 g/mol. The molecule has 5 nitrogen and oxygen atoms in total. The molecule has 3 rings (SSSR count). The van der Waals surface area contributed by atoms with Gasteiger partial charge in [0.1, 0.15) is 5.82 Å². The summed E-state index contributed by atoms with van der Waals surface area (Å²) in [6.07, 6.45) is 1.37. The standard InChI is InChI=1S/C12H13N3O2S2/c1-9-13-8-12(14-9)19(16,17)15-6-7-18-11-5-3-2-4-10(11)15/h2-5,8H,6-7H2,1H3,(H,13,14). The van der Waals surface area contributed by atoms with Crippen molar-refractivity contribution in [2.75, 3.05) is 16.6 Å². The number of H-pyrrole nitrogens is 1. The van der Waals surface area contributed by atoms with Crippen LogP contribution in [-0.2, 0) is 10.0 Å². The summed E-state index contributed by atoms with van der Waals surface area (Å²) in [5, 5.41) is 0.145. The van der Waals surface area contributed by atoms with Gasteiger partial charge in [-0.1, -0.05) is 12.1 Å². The fourth-order valence-corrected chi connectivity index (χ4v) is 4.66. The van der Waals surface area contributed by atoms with E-state index in [2.05, 4.69) is 9.97 Å². The second kappa shape index (κ2) is 4.57. The molecule has 2 heterocycles. The first-order valence-electron chi connectivity index (χ1n) is 5.85. The van der Waals surface area contributed by atoms with Gasteiger partial charge in [0.2, 0.25) is 0 Å². The van der Waals surface area contributed by atoms with E-state index < -0.39 is 10.0 Å². The highest BCUT2D eigenvalue weighted by atomic mass is 32.2. The molecule has 0 unspecified atom stereocenters. The Bertz CT molecular complexity index is 709. The van der Waals surface area contributed by atoms with Crippen LogP contribution in [0.15, 0.2) is 40.4 Å². The van der Waals surface area contributed by atoms with Crippen molar-refractivity contribution >= 4 is 27.5 Å². The summed E-state index contributed by atoms with van der Waals surface area (Å²) in [5.41, 5.74) is 0.742. The number of hydrogen-bond acceptors (Lipinski definition) is 4. The Morgan fingerprint density at radius 3 is 2.89 bits per heavy atom. The first kappa shape index (κ1) is 12.6. The van der Waals surface area contributed by atoms with Crippen molar-refractivity contribution < 1.29 is 8.42 Å². The summed E-state index contributed by atoms with van der Waals surface area (Å²) in [5.74, 6) is 1.35. The molecular formula is C12H13N3O2S2. The van der Waals surface area contributed by atoms with Gasteiger partial charge in [0.15, 0.2) is 5.03 Å². The second-order valence-corrected chi connectivity index (χ2v) is 7.19. The zero-order valence-electron chi connectivity index (χ0n) is 10.3. The van der Waals surface area contributed by atoms with Crippen LogP contribution in [0.5, 0.6) is 0 Å². The largest absolute Gasteiger partial charge is 0.332 e. The molecule has 0 spiro atoms. The minimum Gasteiger partial charge on any atom is -0.332 e. The Labute approximate surface area is 116 Å². The molecule has 0 saturated heterocycles. The van der Waals surface area contributed by atoms with Gasteiger partial charge in [-0.15, -0.1) is 11.8 Å². The number of nitrogens with zero attached hydrogens (tertiary/aromatic N) is 2. The molecule has 1 aromatic carbocycles. The number of hydrogen-bond donors (Lipinski definition) is 1. The van der Waals surface area contributed by atoms with E-state index in [1.807, 2.05) is 24.3 Å². The van der Waals surface area contributed by atoms with Crippen molar-refractivity contribution in [3.63, 3.8) is 0 Å². The Morgan fingerprint density at radius 2 is 2.16 bits per heavy atom. The van der Waals surface area contributed by atoms with Crippen LogP contribution in [0.2, 0.25) is 0 Å². The first-order valence-corrected chi connectivity index (χ1v) is 8.28. The summed E-state index contributed by atoms with van der Waals surface area (Å²) in [6.45, 7) is 2.21. The third-order valence-corrected chi connectivity index (χ3v) is 5.70. The number of anilines is 1. The summed E-state index contributed by atoms with van der Waals surface area (Å²) in [4.78, 5) is 7.76. The maximum Gasteiger partial charge on any atom is 0.281 e. The lowest BCUT2D eigenvalue weighted by molar-refractivity contribution is 0.588. The van der Waals surface area contributed by atoms with Crippen molar-refractivity contribution in [2.24, 2.45) is 0 Å². The SMILES string of the molecule is Cc1ncc(S(=O)(=O)N2CCSc3ccccc32)[nH]1. The summed E-state index contributed by atoms with van der Waals surface area (Å²) >= 11 is 1.68. The molecule has 1 aromatic heterocycles. The minimum absolute atomic E-state index is 0.145. The van der Waals surface area contributed by atoms with Crippen molar-refractivity contribution in [3.05, 3.63) is 36.3 Å². The van der Waals surface area contributed by atoms with E-state index in [4.69, 9.17) is 0 Å². The molecule has 0 radical (unpaired) electrons. The number of aryl methyl sites for hydroxylation is 1. The number of rotatable bonds is 2. The van der Waals surface area contributed by atoms with E-state index in [1.165, 1.54) is 10.5 Å². The van der Waals surface area contributed by atoms with Crippen LogP contribution in [0.4, 0.5) is 5.69 Å². The second-order valence-electron chi connectivity index (χ2n) is 4.23. The molecular weight excluding hydrogens is 282 g/mol. The Hall–Kier alpha value is -1.47. The smallest absolute Gasteiger partial charge is 0.281 e. The molecule has 0 aliphatic carbocycles. The van der Waals surface area contributed by atoms with Gasteiger partial charge in [-0.3, -0.25) is 4.31 Å². The van der Waals surface area contributed by atoms with Gasteiger partial charge in [0.25, 0.3) is 10.0 Å². The van der Waals surface area contributed by atoms with Crippen molar-refractivity contribution in [1.82, 2.24) is 9.97 Å². The Balaban J connectivity index is 2.08. The lowest BCUT2D eigenvalue weighted by Gasteiger charge is -2.29. The molecule has 0 saturated carbocycles. The molecule has 19 heavy (non-hydrogen) atoms. The number of sulfonamides is 1. The highest BCUT2D eigenvalue weighted by Gasteiger charge is 2.30. The molecule has 1 aliphatic rings. The number of imidazole rings is 1. The molecule has 0 atom stereocenters. The monoisotopic (exact) mass is 295 g/mol. The van der Waals surface area contributed by atoms with Crippen LogP contribution in [0.1, 0.15) is 5.82 Å². The van der Waals surface area contributed by atoms with E-state index in [1.54, 1.807) is 18.7 Å². The van der Waals surface area contributed by atoms with Gasteiger partial charge in [-0.2, -0.15) is 8.42 Å².